The van der Waals surface area contributed by atoms with Gasteiger partial charge in [-0.25, -0.2) is 9.37 Å². The molecule has 0 unspecified atom stereocenters. The van der Waals surface area contributed by atoms with E-state index in [0.29, 0.717) is 23.1 Å². The lowest BCUT2D eigenvalue weighted by atomic mass is 10.3. The third kappa shape index (κ3) is 2.66. The van der Waals surface area contributed by atoms with Crippen LogP contribution in [0.1, 0.15) is 30.1 Å². The predicted octanol–water partition coefficient (Wildman–Crippen LogP) is 3.77. The molecular formula is C15H15F2N3O. The van der Waals surface area contributed by atoms with Gasteiger partial charge < -0.3 is 10.1 Å². The van der Waals surface area contributed by atoms with Crippen molar-refractivity contribution in [1.29, 1.82) is 0 Å². The molecule has 1 aliphatic rings. The van der Waals surface area contributed by atoms with E-state index in [1.807, 2.05) is 0 Å². The Morgan fingerprint density at radius 1 is 1.24 bits per heavy atom. The summed E-state index contributed by atoms with van der Waals surface area (Å²) in [6.45, 7) is 1.77. The van der Waals surface area contributed by atoms with Gasteiger partial charge in [0.1, 0.15) is 11.6 Å². The Balaban J connectivity index is 2.01. The summed E-state index contributed by atoms with van der Waals surface area (Å²) in [5, 5.41) is 2.97. The number of halogens is 2. The number of nitrogens with one attached hydrogen (secondary N) is 1. The van der Waals surface area contributed by atoms with Crippen molar-refractivity contribution in [1.82, 2.24) is 9.97 Å². The van der Waals surface area contributed by atoms with Crippen LogP contribution in [0.3, 0.4) is 0 Å². The van der Waals surface area contributed by atoms with Gasteiger partial charge in [0.05, 0.1) is 5.56 Å². The second-order valence-corrected chi connectivity index (χ2v) is 5.04. The summed E-state index contributed by atoms with van der Waals surface area (Å²) >= 11 is 0. The van der Waals surface area contributed by atoms with E-state index >= 15 is 0 Å². The zero-order valence-electron chi connectivity index (χ0n) is 11.8. The third-order valence-electron chi connectivity index (χ3n) is 3.42. The average Bonchev–Trinajstić information content (AvgIpc) is 3.30. The molecule has 0 saturated heterocycles. The van der Waals surface area contributed by atoms with Crippen LogP contribution in [0, 0.1) is 18.6 Å². The van der Waals surface area contributed by atoms with Crippen LogP contribution in [-0.2, 0) is 0 Å². The molecule has 1 N–H and O–H groups in total. The first-order chi connectivity index (χ1) is 10.1. The Hall–Kier alpha value is -2.24. The van der Waals surface area contributed by atoms with Crippen LogP contribution < -0.4 is 10.1 Å². The molecule has 6 heteroatoms. The standard InChI is InChI=1S/C15H15F2N3O/c1-8-13(18-2)19-14(9-6-7-9)20-15(8)21-11-5-3-4-10(16)12(11)17/h3-5,9H,6-7H2,1-2H3,(H,18,19,20). The number of hydrogen-bond donors (Lipinski definition) is 1. The fourth-order valence-electron chi connectivity index (χ4n) is 2.05. The molecule has 1 aromatic heterocycles. The quantitative estimate of drug-likeness (QED) is 0.931. The largest absolute Gasteiger partial charge is 0.435 e. The van der Waals surface area contributed by atoms with Gasteiger partial charge in [-0.1, -0.05) is 6.07 Å². The van der Waals surface area contributed by atoms with Gasteiger partial charge in [-0.2, -0.15) is 9.37 Å². The molecule has 4 nitrogen and oxygen atoms in total. The Bertz CT molecular complexity index is 687. The van der Waals surface area contributed by atoms with Crippen LogP contribution >= 0.6 is 0 Å². The van der Waals surface area contributed by atoms with E-state index in [1.165, 1.54) is 12.1 Å². The molecule has 1 fully saturated rings. The van der Waals surface area contributed by atoms with Gasteiger partial charge in [0, 0.05) is 13.0 Å². The molecule has 0 atom stereocenters. The number of nitrogens with zero attached hydrogens (tertiary/aromatic N) is 2. The van der Waals surface area contributed by atoms with E-state index in [2.05, 4.69) is 15.3 Å². The molecule has 2 aromatic rings. The van der Waals surface area contributed by atoms with Gasteiger partial charge in [0.15, 0.2) is 11.6 Å². The van der Waals surface area contributed by atoms with Gasteiger partial charge in [-0.3, -0.25) is 0 Å². The van der Waals surface area contributed by atoms with E-state index in [1.54, 1.807) is 14.0 Å². The molecule has 1 saturated carbocycles. The molecule has 110 valence electrons. The highest BCUT2D eigenvalue weighted by molar-refractivity contribution is 5.49. The fraction of sp³-hybridized carbons (Fsp3) is 0.333. The van der Waals surface area contributed by atoms with E-state index in [9.17, 15) is 8.78 Å². The second-order valence-electron chi connectivity index (χ2n) is 5.04. The number of aromatic nitrogens is 2. The van der Waals surface area contributed by atoms with Crippen LogP contribution in [0.25, 0.3) is 0 Å². The Labute approximate surface area is 121 Å². The molecule has 0 amide bonds. The van der Waals surface area contributed by atoms with Crippen molar-refractivity contribution < 1.29 is 13.5 Å². The highest BCUT2D eigenvalue weighted by atomic mass is 19.2. The SMILES string of the molecule is CNc1nc(C2CC2)nc(Oc2cccc(F)c2F)c1C. The zero-order valence-corrected chi connectivity index (χ0v) is 11.8. The minimum atomic E-state index is -1.02. The number of benzene rings is 1. The molecule has 0 radical (unpaired) electrons. The molecule has 21 heavy (non-hydrogen) atoms. The molecule has 0 aliphatic heterocycles. The van der Waals surface area contributed by atoms with E-state index < -0.39 is 11.6 Å². The first-order valence-electron chi connectivity index (χ1n) is 6.78. The lowest BCUT2D eigenvalue weighted by Gasteiger charge is -2.13. The monoisotopic (exact) mass is 291 g/mol. The molecule has 1 aromatic carbocycles. The maximum Gasteiger partial charge on any atom is 0.227 e. The van der Waals surface area contributed by atoms with Crippen LogP contribution in [0.5, 0.6) is 11.6 Å². The number of rotatable bonds is 4. The Morgan fingerprint density at radius 2 is 2.00 bits per heavy atom. The van der Waals surface area contributed by atoms with Crippen molar-refractivity contribution >= 4 is 5.82 Å². The zero-order chi connectivity index (χ0) is 15.0. The van der Waals surface area contributed by atoms with Crippen LogP contribution in [-0.4, -0.2) is 17.0 Å². The maximum atomic E-state index is 13.7. The second kappa shape index (κ2) is 5.27. The number of ether oxygens (including phenoxy) is 1. The minimum Gasteiger partial charge on any atom is -0.435 e. The predicted molar refractivity (Wildman–Crippen MR) is 74.7 cm³/mol. The Morgan fingerprint density at radius 3 is 2.67 bits per heavy atom. The summed E-state index contributed by atoms with van der Waals surface area (Å²) in [4.78, 5) is 8.77. The van der Waals surface area contributed by atoms with Crippen LogP contribution in [0.4, 0.5) is 14.6 Å². The topological polar surface area (TPSA) is 47.0 Å². The minimum absolute atomic E-state index is 0.180. The normalized spacial score (nSPS) is 14.1. The maximum absolute atomic E-state index is 13.7. The molecule has 3 rings (SSSR count). The summed E-state index contributed by atoms with van der Waals surface area (Å²) < 4.78 is 32.4. The highest BCUT2D eigenvalue weighted by Crippen LogP contribution is 2.40. The summed E-state index contributed by atoms with van der Waals surface area (Å²) in [6, 6.07) is 3.81. The lowest BCUT2D eigenvalue weighted by Crippen LogP contribution is -2.05. The van der Waals surface area contributed by atoms with Gasteiger partial charge in [-0.05, 0) is 31.9 Å². The van der Waals surface area contributed by atoms with Gasteiger partial charge in [0.2, 0.25) is 11.7 Å². The molecular weight excluding hydrogens is 276 g/mol. The third-order valence-corrected chi connectivity index (χ3v) is 3.42. The summed E-state index contributed by atoms with van der Waals surface area (Å²) in [6.07, 6.45) is 2.08. The van der Waals surface area contributed by atoms with Gasteiger partial charge in [0.25, 0.3) is 0 Å². The van der Waals surface area contributed by atoms with Crippen LogP contribution in [0.15, 0.2) is 18.2 Å². The summed E-state index contributed by atoms with van der Waals surface area (Å²) in [5.41, 5.74) is 0.658. The number of anilines is 1. The number of hydrogen-bond acceptors (Lipinski definition) is 4. The molecule has 1 heterocycles. The van der Waals surface area contributed by atoms with E-state index in [0.717, 1.165) is 18.9 Å². The first kappa shape index (κ1) is 13.7. The fourth-order valence-corrected chi connectivity index (χ4v) is 2.05. The van der Waals surface area contributed by atoms with Gasteiger partial charge in [-0.15, -0.1) is 0 Å². The molecule has 1 aliphatic carbocycles. The van der Waals surface area contributed by atoms with Crippen molar-refractivity contribution in [3.05, 3.63) is 41.2 Å². The van der Waals surface area contributed by atoms with Crippen molar-refractivity contribution in [3.63, 3.8) is 0 Å². The van der Waals surface area contributed by atoms with Crippen LogP contribution in [0.2, 0.25) is 0 Å². The van der Waals surface area contributed by atoms with Crippen molar-refractivity contribution in [2.24, 2.45) is 0 Å². The van der Waals surface area contributed by atoms with E-state index in [4.69, 9.17) is 4.74 Å². The smallest absolute Gasteiger partial charge is 0.227 e. The van der Waals surface area contributed by atoms with Crippen molar-refractivity contribution in [2.75, 3.05) is 12.4 Å². The highest BCUT2D eigenvalue weighted by Gasteiger charge is 2.28. The van der Waals surface area contributed by atoms with Gasteiger partial charge >= 0.3 is 0 Å². The van der Waals surface area contributed by atoms with E-state index in [-0.39, 0.29) is 11.6 Å². The summed E-state index contributed by atoms with van der Waals surface area (Å²) in [7, 11) is 1.75. The Kier molecular flexibility index (Phi) is 3.45. The first-order valence-corrected chi connectivity index (χ1v) is 6.78. The lowest BCUT2D eigenvalue weighted by molar-refractivity contribution is 0.401. The molecule has 0 bridgehead atoms. The molecule has 0 spiro atoms. The average molecular weight is 291 g/mol. The van der Waals surface area contributed by atoms with Crippen molar-refractivity contribution in [3.8, 4) is 11.6 Å². The van der Waals surface area contributed by atoms with Crippen molar-refractivity contribution in [2.45, 2.75) is 25.7 Å². The summed E-state index contributed by atoms with van der Waals surface area (Å²) in [5.74, 6) is -0.251.